The van der Waals surface area contributed by atoms with E-state index in [1.165, 1.54) is 11.8 Å². The molecule has 0 saturated carbocycles. The van der Waals surface area contributed by atoms with Gasteiger partial charge in [0, 0.05) is 40.6 Å². The molecular weight excluding hydrogens is 494 g/mol. The summed E-state index contributed by atoms with van der Waals surface area (Å²) in [7, 11) is 0. The van der Waals surface area contributed by atoms with Crippen LogP contribution < -0.4 is 10.6 Å². The lowest BCUT2D eigenvalue weighted by molar-refractivity contribution is -0.137. The molecule has 0 bridgehead atoms. The summed E-state index contributed by atoms with van der Waals surface area (Å²) >= 11 is 1.41. The largest absolute Gasteiger partial charge is 0.416 e. The number of halogens is 4. The first-order chi connectivity index (χ1) is 17.2. The Balaban J connectivity index is 1.44. The maximum atomic E-state index is 13.5. The van der Waals surface area contributed by atoms with Crippen LogP contribution in [-0.4, -0.2) is 21.0 Å². The second-order valence-corrected chi connectivity index (χ2v) is 8.56. The first kappa shape index (κ1) is 25.1. The smallest absolute Gasteiger partial charge is 0.308 e. The average molecular weight is 514 g/mol. The molecule has 36 heavy (non-hydrogen) atoms. The van der Waals surface area contributed by atoms with Gasteiger partial charge in [-0.1, -0.05) is 18.7 Å². The molecule has 0 unspecified atom stereocenters. The zero-order chi connectivity index (χ0) is 25.7. The van der Waals surface area contributed by atoms with Gasteiger partial charge in [0.25, 0.3) is 0 Å². The monoisotopic (exact) mass is 513 g/mol. The first-order valence-electron chi connectivity index (χ1n) is 10.7. The molecule has 0 atom stereocenters. The molecule has 0 aliphatic rings. The number of nitrogens with zero attached hydrogens (tertiary/aromatic N) is 3. The lowest BCUT2D eigenvalue weighted by Gasteiger charge is -2.12. The molecule has 2 N–H and O–H groups in total. The fourth-order valence-corrected chi connectivity index (χ4v) is 4.11. The van der Waals surface area contributed by atoms with Crippen molar-refractivity contribution in [1.29, 1.82) is 0 Å². The summed E-state index contributed by atoms with van der Waals surface area (Å²) in [5, 5.41) is 5.47. The number of benzene rings is 2. The molecule has 2 heterocycles. The lowest BCUT2D eigenvalue weighted by Crippen LogP contribution is -2.20. The highest BCUT2D eigenvalue weighted by atomic mass is 32.2. The highest BCUT2D eigenvalue weighted by Gasteiger charge is 2.31. The maximum Gasteiger partial charge on any atom is 0.416 e. The molecular formula is C25H19F4N5OS. The molecule has 11 heteroatoms. The van der Waals surface area contributed by atoms with E-state index in [0.29, 0.717) is 24.2 Å². The molecule has 0 radical (unpaired) electrons. The summed E-state index contributed by atoms with van der Waals surface area (Å²) in [6, 6.07) is 13.4. The second-order valence-electron chi connectivity index (χ2n) is 7.50. The SMILES string of the molecule is CCc1nccc(-c2cccnc2Sc2ccc(NC(=O)Nc3cc(F)cc(C(F)(F)F)c3)cc2)n1. The number of anilines is 2. The van der Waals surface area contributed by atoms with E-state index in [2.05, 4.69) is 25.6 Å². The van der Waals surface area contributed by atoms with E-state index in [0.717, 1.165) is 33.1 Å². The fraction of sp³-hybridized carbons (Fsp3) is 0.120. The van der Waals surface area contributed by atoms with Gasteiger partial charge in [-0.15, -0.1) is 0 Å². The molecule has 2 amide bonds. The Morgan fingerprint density at radius 2 is 1.69 bits per heavy atom. The van der Waals surface area contributed by atoms with Gasteiger partial charge in [-0.3, -0.25) is 0 Å². The van der Waals surface area contributed by atoms with Crippen molar-refractivity contribution in [2.24, 2.45) is 0 Å². The van der Waals surface area contributed by atoms with E-state index >= 15 is 0 Å². The van der Waals surface area contributed by atoms with Crippen LogP contribution in [0.5, 0.6) is 0 Å². The van der Waals surface area contributed by atoms with Gasteiger partial charge >= 0.3 is 12.2 Å². The van der Waals surface area contributed by atoms with Crippen molar-refractivity contribution in [1.82, 2.24) is 15.0 Å². The zero-order valence-electron chi connectivity index (χ0n) is 18.8. The van der Waals surface area contributed by atoms with Crippen LogP contribution in [0.25, 0.3) is 11.3 Å². The standard InChI is InChI=1S/C25H19F4N5OS/c1-2-22-30-11-9-21(34-22)20-4-3-10-31-23(20)36-19-7-5-17(6-8-19)32-24(35)33-18-13-15(25(27,28)29)12-16(26)14-18/h3-14H,2H2,1H3,(H2,32,33,35). The first-order valence-corrected chi connectivity index (χ1v) is 11.5. The number of hydrogen-bond acceptors (Lipinski definition) is 5. The van der Waals surface area contributed by atoms with Gasteiger partial charge in [-0.25, -0.2) is 24.1 Å². The van der Waals surface area contributed by atoms with Crippen molar-refractivity contribution >= 4 is 29.2 Å². The average Bonchev–Trinajstić information content (AvgIpc) is 2.84. The molecule has 6 nitrogen and oxygen atoms in total. The number of carbonyl (C=O) groups is 1. The summed E-state index contributed by atoms with van der Waals surface area (Å²) in [5.74, 6) is -0.378. The number of rotatable bonds is 6. The Labute approximate surface area is 208 Å². The molecule has 184 valence electrons. The van der Waals surface area contributed by atoms with Gasteiger partial charge in [0.1, 0.15) is 16.7 Å². The van der Waals surface area contributed by atoms with E-state index in [1.807, 2.05) is 25.1 Å². The minimum absolute atomic E-state index is 0.314. The van der Waals surface area contributed by atoms with Gasteiger partial charge in [0.2, 0.25) is 0 Å². The predicted molar refractivity (Wildman–Crippen MR) is 129 cm³/mol. The van der Waals surface area contributed by atoms with E-state index in [4.69, 9.17) is 0 Å². The normalized spacial score (nSPS) is 11.2. The summed E-state index contributed by atoms with van der Waals surface area (Å²) in [6.07, 6.45) is -0.629. The summed E-state index contributed by atoms with van der Waals surface area (Å²) in [4.78, 5) is 26.3. The van der Waals surface area contributed by atoms with Gasteiger partial charge < -0.3 is 10.6 Å². The molecule has 0 saturated heterocycles. The molecule has 0 aliphatic heterocycles. The van der Waals surface area contributed by atoms with Crippen molar-refractivity contribution in [2.45, 2.75) is 29.4 Å². The summed E-state index contributed by atoms with van der Waals surface area (Å²) < 4.78 is 52.2. The minimum atomic E-state index is -4.73. The third-order valence-corrected chi connectivity index (χ3v) is 5.91. The van der Waals surface area contributed by atoms with Crippen LogP contribution in [0, 0.1) is 5.82 Å². The summed E-state index contributed by atoms with van der Waals surface area (Å²) in [5.41, 5.74) is 0.508. The van der Waals surface area contributed by atoms with Crippen molar-refractivity contribution in [3.63, 3.8) is 0 Å². The Hall–Kier alpha value is -3.99. The number of aromatic nitrogens is 3. The molecule has 4 rings (SSSR count). The molecule has 0 aliphatic carbocycles. The highest BCUT2D eigenvalue weighted by Crippen LogP contribution is 2.34. The number of amides is 2. The van der Waals surface area contributed by atoms with E-state index < -0.39 is 23.6 Å². The number of carbonyl (C=O) groups excluding carboxylic acids is 1. The number of hydrogen-bond donors (Lipinski definition) is 2. The number of pyridine rings is 1. The van der Waals surface area contributed by atoms with Crippen molar-refractivity contribution in [3.05, 3.63) is 90.3 Å². The second kappa shape index (κ2) is 10.7. The van der Waals surface area contributed by atoms with Gasteiger partial charge in [-0.05, 0) is 60.7 Å². The fourth-order valence-electron chi connectivity index (χ4n) is 3.22. The number of nitrogens with one attached hydrogen (secondary N) is 2. The van der Waals surface area contributed by atoms with Crippen LogP contribution in [0.4, 0.5) is 33.7 Å². The Kier molecular flexibility index (Phi) is 7.49. The summed E-state index contributed by atoms with van der Waals surface area (Å²) in [6.45, 7) is 1.98. The lowest BCUT2D eigenvalue weighted by atomic mass is 10.2. The van der Waals surface area contributed by atoms with Crippen LogP contribution >= 0.6 is 11.8 Å². The van der Waals surface area contributed by atoms with Crippen molar-refractivity contribution < 1.29 is 22.4 Å². The van der Waals surface area contributed by atoms with Crippen molar-refractivity contribution in [3.8, 4) is 11.3 Å². The van der Waals surface area contributed by atoms with E-state index in [-0.39, 0.29) is 5.69 Å². The highest BCUT2D eigenvalue weighted by molar-refractivity contribution is 7.99. The number of urea groups is 1. The van der Waals surface area contributed by atoms with Crippen LogP contribution in [0.2, 0.25) is 0 Å². The van der Waals surface area contributed by atoms with Gasteiger partial charge in [0.05, 0.1) is 11.3 Å². The van der Waals surface area contributed by atoms with Crippen LogP contribution in [0.15, 0.2) is 83.0 Å². The number of aryl methyl sites for hydroxylation is 1. The zero-order valence-corrected chi connectivity index (χ0v) is 19.6. The number of alkyl halides is 3. The molecule has 4 aromatic rings. The predicted octanol–water partition coefficient (Wildman–Crippen LogP) is 7.05. The Morgan fingerprint density at radius 1 is 0.944 bits per heavy atom. The van der Waals surface area contributed by atoms with Crippen LogP contribution in [-0.2, 0) is 12.6 Å². The molecule has 2 aromatic carbocycles. The topological polar surface area (TPSA) is 79.8 Å². The third kappa shape index (κ3) is 6.36. The molecule has 0 fully saturated rings. The Bertz CT molecular complexity index is 1380. The molecule has 2 aromatic heterocycles. The van der Waals surface area contributed by atoms with Crippen LogP contribution in [0.3, 0.4) is 0 Å². The minimum Gasteiger partial charge on any atom is -0.308 e. The van der Waals surface area contributed by atoms with E-state index in [1.54, 1.807) is 36.7 Å². The third-order valence-electron chi connectivity index (χ3n) is 4.88. The van der Waals surface area contributed by atoms with Crippen molar-refractivity contribution in [2.75, 3.05) is 10.6 Å². The quantitative estimate of drug-likeness (QED) is 0.270. The van der Waals surface area contributed by atoms with E-state index in [9.17, 15) is 22.4 Å². The van der Waals surface area contributed by atoms with Gasteiger partial charge in [-0.2, -0.15) is 13.2 Å². The molecule has 0 spiro atoms. The maximum absolute atomic E-state index is 13.5. The van der Waals surface area contributed by atoms with Gasteiger partial charge in [0.15, 0.2) is 0 Å². The van der Waals surface area contributed by atoms with Crippen LogP contribution in [0.1, 0.15) is 18.3 Å². The Morgan fingerprint density at radius 3 is 2.42 bits per heavy atom.